The molecule has 9 heteroatoms. The van der Waals surface area contributed by atoms with E-state index >= 15 is 0 Å². The first-order valence-electron chi connectivity index (χ1n) is 8.20. The van der Waals surface area contributed by atoms with Gasteiger partial charge in [0.25, 0.3) is 0 Å². The summed E-state index contributed by atoms with van der Waals surface area (Å²) in [6.07, 6.45) is 5.32. The van der Waals surface area contributed by atoms with Crippen LogP contribution in [0.1, 0.15) is 12.8 Å². The highest BCUT2D eigenvalue weighted by molar-refractivity contribution is 7.91. The van der Waals surface area contributed by atoms with E-state index in [0.717, 1.165) is 42.8 Å². The summed E-state index contributed by atoms with van der Waals surface area (Å²) < 4.78 is 27.5. The number of sulfonamides is 1. The summed E-state index contributed by atoms with van der Waals surface area (Å²) in [6.45, 7) is 2.21. The second-order valence-corrected chi connectivity index (χ2v) is 9.09. The molecular weight excluding hydrogens is 358 g/mol. The molecule has 1 saturated heterocycles. The molecule has 0 spiro atoms. The average Bonchev–Trinajstić information content (AvgIpc) is 3.32. The van der Waals surface area contributed by atoms with Crippen LogP contribution in [0.25, 0.3) is 11.0 Å². The molecule has 4 rings (SSSR count). The molecular formula is C16H19N5O2S2. The fraction of sp³-hybridized carbons (Fsp3) is 0.375. The number of hydrogen-bond donors (Lipinski definition) is 2. The number of H-pyrrole nitrogens is 1. The molecule has 0 amide bonds. The highest BCUT2D eigenvalue weighted by Gasteiger charge is 2.24. The Hall–Kier alpha value is -1.97. The van der Waals surface area contributed by atoms with Gasteiger partial charge in [-0.25, -0.2) is 23.1 Å². The number of aromatic amines is 1. The lowest BCUT2D eigenvalue weighted by Gasteiger charge is -2.33. The van der Waals surface area contributed by atoms with Gasteiger partial charge in [0.1, 0.15) is 22.0 Å². The van der Waals surface area contributed by atoms with Crippen LogP contribution in [-0.2, 0) is 10.0 Å². The molecule has 7 nitrogen and oxygen atoms in total. The minimum atomic E-state index is -3.37. The minimum Gasteiger partial charge on any atom is -0.356 e. The Balaban J connectivity index is 1.37. The molecule has 2 N–H and O–H groups in total. The zero-order valence-corrected chi connectivity index (χ0v) is 15.2. The van der Waals surface area contributed by atoms with Crippen molar-refractivity contribution in [1.29, 1.82) is 0 Å². The molecule has 1 aliphatic rings. The molecule has 0 bridgehead atoms. The SMILES string of the molecule is O=S(=O)(NCC1CCN(c2ncnc3[nH]ccc23)CC1)c1cccs1. The summed E-state index contributed by atoms with van der Waals surface area (Å²) >= 11 is 1.24. The van der Waals surface area contributed by atoms with E-state index in [9.17, 15) is 8.42 Å². The molecule has 3 aromatic rings. The lowest BCUT2D eigenvalue weighted by Crippen LogP contribution is -2.39. The first-order valence-corrected chi connectivity index (χ1v) is 10.6. The number of piperidine rings is 1. The Bertz CT molecular complexity index is 944. The Morgan fingerprint density at radius 1 is 1.28 bits per heavy atom. The van der Waals surface area contributed by atoms with Crippen LogP contribution in [0.2, 0.25) is 0 Å². The lowest BCUT2D eigenvalue weighted by atomic mass is 9.97. The fourth-order valence-electron chi connectivity index (χ4n) is 3.17. The summed E-state index contributed by atoms with van der Waals surface area (Å²) in [5.41, 5.74) is 0.843. The number of nitrogens with zero attached hydrogens (tertiary/aromatic N) is 3. The van der Waals surface area contributed by atoms with Gasteiger partial charge in [0.2, 0.25) is 10.0 Å². The van der Waals surface area contributed by atoms with Crippen LogP contribution in [0.15, 0.2) is 40.3 Å². The van der Waals surface area contributed by atoms with Gasteiger partial charge in [-0.2, -0.15) is 0 Å². The first-order chi connectivity index (χ1) is 12.1. The van der Waals surface area contributed by atoms with Crippen LogP contribution in [0.3, 0.4) is 0 Å². The van der Waals surface area contributed by atoms with Crippen molar-refractivity contribution in [2.45, 2.75) is 17.1 Å². The molecule has 4 heterocycles. The quantitative estimate of drug-likeness (QED) is 0.711. The van der Waals surface area contributed by atoms with Crippen LogP contribution in [0, 0.1) is 5.92 Å². The third-order valence-electron chi connectivity index (χ3n) is 4.57. The van der Waals surface area contributed by atoms with Gasteiger partial charge < -0.3 is 9.88 Å². The van der Waals surface area contributed by atoms with Crippen molar-refractivity contribution in [3.63, 3.8) is 0 Å². The van der Waals surface area contributed by atoms with E-state index in [0.29, 0.717) is 16.7 Å². The maximum absolute atomic E-state index is 12.2. The van der Waals surface area contributed by atoms with Crippen LogP contribution in [0.4, 0.5) is 5.82 Å². The van der Waals surface area contributed by atoms with Crippen LogP contribution >= 0.6 is 11.3 Å². The van der Waals surface area contributed by atoms with Gasteiger partial charge in [-0.3, -0.25) is 0 Å². The van der Waals surface area contributed by atoms with Crippen molar-refractivity contribution >= 4 is 38.2 Å². The zero-order chi connectivity index (χ0) is 17.3. The van der Waals surface area contributed by atoms with Crippen LogP contribution < -0.4 is 9.62 Å². The van der Waals surface area contributed by atoms with Gasteiger partial charge in [0.05, 0.1) is 5.39 Å². The molecule has 0 aliphatic carbocycles. The van der Waals surface area contributed by atoms with Gasteiger partial charge in [0, 0.05) is 25.8 Å². The zero-order valence-electron chi connectivity index (χ0n) is 13.6. The highest BCUT2D eigenvalue weighted by Crippen LogP contribution is 2.27. The maximum atomic E-state index is 12.2. The second-order valence-electron chi connectivity index (χ2n) is 6.15. The molecule has 0 atom stereocenters. The Morgan fingerprint density at radius 3 is 2.88 bits per heavy atom. The lowest BCUT2D eigenvalue weighted by molar-refractivity contribution is 0.401. The third-order valence-corrected chi connectivity index (χ3v) is 7.39. The summed E-state index contributed by atoms with van der Waals surface area (Å²) in [7, 11) is -3.37. The molecule has 0 radical (unpaired) electrons. The van der Waals surface area contributed by atoms with Crippen molar-refractivity contribution in [1.82, 2.24) is 19.7 Å². The predicted octanol–water partition coefficient (Wildman–Crippen LogP) is 2.21. The van der Waals surface area contributed by atoms with E-state index < -0.39 is 10.0 Å². The summed E-state index contributed by atoms with van der Waals surface area (Å²) in [4.78, 5) is 14.0. The maximum Gasteiger partial charge on any atom is 0.250 e. The summed E-state index contributed by atoms with van der Waals surface area (Å²) in [6, 6.07) is 5.37. The van der Waals surface area contributed by atoms with Crippen molar-refractivity contribution in [3.05, 3.63) is 36.1 Å². The monoisotopic (exact) mass is 377 g/mol. The topological polar surface area (TPSA) is 91.0 Å². The number of rotatable bonds is 5. The summed E-state index contributed by atoms with van der Waals surface area (Å²) in [5.74, 6) is 1.29. The molecule has 25 heavy (non-hydrogen) atoms. The van der Waals surface area contributed by atoms with Gasteiger partial charge >= 0.3 is 0 Å². The Morgan fingerprint density at radius 2 is 2.12 bits per heavy atom. The second kappa shape index (κ2) is 6.74. The molecule has 1 fully saturated rings. The Labute approximate surface area is 150 Å². The number of nitrogens with one attached hydrogen (secondary N) is 2. The van der Waals surface area contributed by atoms with E-state index in [1.165, 1.54) is 11.3 Å². The number of thiophene rings is 1. The van der Waals surface area contributed by atoms with Crippen molar-refractivity contribution in [2.24, 2.45) is 5.92 Å². The smallest absolute Gasteiger partial charge is 0.250 e. The van der Waals surface area contributed by atoms with E-state index in [2.05, 4.69) is 24.6 Å². The van der Waals surface area contributed by atoms with Crippen LogP contribution in [0.5, 0.6) is 0 Å². The summed E-state index contributed by atoms with van der Waals surface area (Å²) in [5, 5.41) is 2.80. The van der Waals surface area contributed by atoms with E-state index in [1.54, 1.807) is 23.8 Å². The number of anilines is 1. The van der Waals surface area contributed by atoms with Gasteiger partial charge in [-0.1, -0.05) is 6.07 Å². The fourth-order valence-corrected chi connectivity index (χ4v) is 5.33. The normalized spacial score (nSPS) is 16.6. The number of hydrogen-bond acceptors (Lipinski definition) is 6. The van der Waals surface area contributed by atoms with Crippen molar-refractivity contribution < 1.29 is 8.42 Å². The predicted molar refractivity (Wildman–Crippen MR) is 98.3 cm³/mol. The minimum absolute atomic E-state index is 0.342. The third kappa shape index (κ3) is 3.39. The van der Waals surface area contributed by atoms with E-state index in [-0.39, 0.29) is 0 Å². The van der Waals surface area contributed by atoms with E-state index in [4.69, 9.17) is 0 Å². The molecule has 0 saturated carbocycles. The van der Waals surface area contributed by atoms with Gasteiger partial charge in [-0.05, 0) is 36.3 Å². The first kappa shape index (κ1) is 16.5. The largest absolute Gasteiger partial charge is 0.356 e. The van der Waals surface area contributed by atoms with Gasteiger partial charge in [0.15, 0.2) is 0 Å². The molecule has 132 valence electrons. The number of aromatic nitrogens is 3. The Kier molecular flexibility index (Phi) is 4.45. The van der Waals surface area contributed by atoms with Crippen molar-refractivity contribution in [3.8, 4) is 0 Å². The molecule has 3 aromatic heterocycles. The van der Waals surface area contributed by atoms with Crippen LogP contribution in [-0.4, -0.2) is 43.0 Å². The number of fused-ring (bicyclic) bond motifs is 1. The molecule has 0 unspecified atom stereocenters. The van der Waals surface area contributed by atoms with E-state index in [1.807, 2.05) is 12.3 Å². The average molecular weight is 377 g/mol. The molecule has 0 aromatic carbocycles. The highest BCUT2D eigenvalue weighted by atomic mass is 32.2. The van der Waals surface area contributed by atoms with Crippen molar-refractivity contribution in [2.75, 3.05) is 24.5 Å². The van der Waals surface area contributed by atoms with Gasteiger partial charge in [-0.15, -0.1) is 11.3 Å². The standard InChI is InChI=1S/C16H19N5O2S2/c22-25(23,14-2-1-9-24-14)20-10-12-4-7-21(8-5-12)16-13-3-6-17-15(13)18-11-19-16/h1-3,6,9,11-12,20H,4-5,7-8,10H2,(H,17,18,19). The molecule has 1 aliphatic heterocycles.